The molecule has 0 saturated carbocycles. The molecule has 0 unspecified atom stereocenters. The largest absolute Gasteiger partial charge is 0.453 e. The molecule has 0 spiro atoms. The number of carbonyl (C=O) groups excluding carboxylic acids is 1. The number of halogens is 4. The molecular formula is C29H19F4N7O2. The van der Waals surface area contributed by atoms with Gasteiger partial charge in [0.15, 0.2) is 17.3 Å². The molecule has 0 bridgehead atoms. The van der Waals surface area contributed by atoms with E-state index in [1.54, 1.807) is 47.4 Å². The lowest BCUT2D eigenvalue weighted by Gasteiger charge is -2.13. The zero-order valence-corrected chi connectivity index (χ0v) is 21.7. The van der Waals surface area contributed by atoms with Gasteiger partial charge in [-0.05, 0) is 36.4 Å². The van der Waals surface area contributed by atoms with Gasteiger partial charge in [0.1, 0.15) is 11.4 Å². The number of hydrogen-bond donors (Lipinski definition) is 1. The van der Waals surface area contributed by atoms with Gasteiger partial charge in [-0.25, -0.2) is 14.1 Å². The van der Waals surface area contributed by atoms with Gasteiger partial charge in [-0.15, -0.1) is 0 Å². The van der Waals surface area contributed by atoms with Gasteiger partial charge in [0.2, 0.25) is 0 Å². The van der Waals surface area contributed by atoms with Crippen molar-refractivity contribution in [3.8, 4) is 28.6 Å². The lowest BCUT2D eigenvalue weighted by molar-refractivity contribution is -0.143. The molecule has 0 fully saturated rings. The van der Waals surface area contributed by atoms with Crippen molar-refractivity contribution in [1.82, 2.24) is 29.3 Å². The van der Waals surface area contributed by atoms with E-state index in [0.717, 1.165) is 12.3 Å². The molecule has 13 heteroatoms. The summed E-state index contributed by atoms with van der Waals surface area (Å²) >= 11 is 0. The maximum absolute atomic E-state index is 15.1. The van der Waals surface area contributed by atoms with Gasteiger partial charge < -0.3 is 14.6 Å². The van der Waals surface area contributed by atoms with Gasteiger partial charge in [-0.2, -0.15) is 18.3 Å². The molecule has 0 aliphatic carbocycles. The number of imidazole rings is 1. The predicted molar refractivity (Wildman–Crippen MR) is 145 cm³/mol. The summed E-state index contributed by atoms with van der Waals surface area (Å²) < 4.78 is 65.1. The van der Waals surface area contributed by atoms with Crippen LogP contribution < -0.4 is 10.1 Å². The Hall–Kier alpha value is -5.59. The normalized spacial score (nSPS) is 11.5. The number of benzene rings is 2. The molecule has 210 valence electrons. The molecule has 4 aromatic heterocycles. The standard InChI is InChI=1S/C29H19F4N7O2/c1-39-15-24(36-16-39)23-12-22-19(13-35-23)25(9-10-34-22)42-26-8-7-17(11-21(26)30)38-28(41)20-14-37-40(27(20)29(31,32)33)18-5-3-2-4-6-18/h2-16H,1H3,(H,38,41). The smallest absolute Gasteiger partial charge is 0.434 e. The van der Waals surface area contributed by atoms with Gasteiger partial charge in [0.25, 0.3) is 5.91 Å². The fraction of sp³-hybridized carbons (Fsp3) is 0.0690. The number of carbonyl (C=O) groups is 1. The van der Waals surface area contributed by atoms with Crippen molar-refractivity contribution in [2.24, 2.45) is 7.05 Å². The quantitative estimate of drug-likeness (QED) is 0.231. The van der Waals surface area contributed by atoms with Crippen molar-refractivity contribution in [1.29, 1.82) is 0 Å². The summed E-state index contributed by atoms with van der Waals surface area (Å²) in [6.45, 7) is 0. The summed E-state index contributed by atoms with van der Waals surface area (Å²) in [4.78, 5) is 25.9. The molecule has 0 saturated heterocycles. The molecule has 4 heterocycles. The molecule has 1 amide bonds. The molecule has 42 heavy (non-hydrogen) atoms. The monoisotopic (exact) mass is 573 g/mol. The summed E-state index contributed by atoms with van der Waals surface area (Å²) in [5.41, 5.74) is -0.115. The van der Waals surface area contributed by atoms with E-state index < -0.39 is 29.2 Å². The zero-order chi connectivity index (χ0) is 29.4. The molecule has 0 atom stereocenters. The molecule has 0 radical (unpaired) electrons. The first-order valence-corrected chi connectivity index (χ1v) is 12.4. The number of amides is 1. The van der Waals surface area contributed by atoms with Crippen molar-refractivity contribution in [2.75, 3.05) is 5.32 Å². The molecular weight excluding hydrogens is 554 g/mol. The zero-order valence-electron chi connectivity index (χ0n) is 21.7. The number of hydrogen-bond acceptors (Lipinski definition) is 6. The molecule has 0 aliphatic heterocycles. The Balaban J connectivity index is 1.24. The highest BCUT2D eigenvalue weighted by atomic mass is 19.4. The number of fused-ring (bicyclic) bond motifs is 1. The van der Waals surface area contributed by atoms with Crippen molar-refractivity contribution in [3.05, 3.63) is 109 Å². The molecule has 2 aromatic carbocycles. The Morgan fingerprint density at radius 3 is 2.45 bits per heavy atom. The van der Waals surface area contributed by atoms with Crippen LogP contribution in [0.15, 0.2) is 91.8 Å². The fourth-order valence-electron chi connectivity index (χ4n) is 4.32. The van der Waals surface area contributed by atoms with Crippen LogP contribution >= 0.6 is 0 Å². The van der Waals surface area contributed by atoms with Crippen LogP contribution in [-0.2, 0) is 13.2 Å². The first kappa shape index (κ1) is 26.6. The lowest BCUT2D eigenvalue weighted by Crippen LogP contribution is -2.20. The Morgan fingerprint density at radius 1 is 0.929 bits per heavy atom. The SMILES string of the molecule is Cn1cnc(-c2cc3nccc(Oc4ccc(NC(=O)c5cnn(-c6ccccc6)c5C(F)(F)F)cc4F)c3cn2)c1. The number of para-hydroxylation sites is 1. The van der Waals surface area contributed by atoms with E-state index in [4.69, 9.17) is 4.74 Å². The highest BCUT2D eigenvalue weighted by Crippen LogP contribution is 2.35. The van der Waals surface area contributed by atoms with Crippen LogP contribution in [0.4, 0.5) is 23.2 Å². The van der Waals surface area contributed by atoms with Crippen molar-refractivity contribution < 1.29 is 27.1 Å². The Bertz CT molecular complexity index is 1930. The molecule has 6 rings (SSSR count). The van der Waals surface area contributed by atoms with E-state index in [2.05, 4.69) is 25.4 Å². The van der Waals surface area contributed by atoms with E-state index in [-0.39, 0.29) is 22.9 Å². The molecule has 9 nitrogen and oxygen atoms in total. The van der Waals surface area contributed by atoms with Crippen LogP contribution in [0.3, 0.4) is 0 Å². The number of rotatable bonds is 6. The second-order valence-electron chi connectivity index (χ2n) is 9.17. The number of nitrogens with one attached hydrogen (secondary N) is 1. The van der Waals surface area contributed by atoms with Crippen LogP contribution in [0.25, 0.3) is 28.0 Å². The number of anilines is 1. The maximum Gasteiger partial charge on any atom is 0.434 e. The van der Waals surface area contributed by atoms with Crippen molar-refractivity contribution in [3.63, 3.8) is 0 Å². The first-order valence-electron chi connectivity index (χ1n) is 12.4. The number of aryl methyl sites for hydroxylation is 1. The maximum atomic E-state index is 15.1. The molecule has 0 aliphatic rings. The minimum Gasteiger partial charge on any atom is -0.453 e. The Morgan fingerprint density at radius 2 is 1.74 bits per heavy atom. The van der Waals surface area contributed by atoms with Crippen molar-refractivity contribution in [2.45, 2.75) is 6.18 Å². The van der Waals surface area contributed by atoms with Gasteiger partial charge in [-0.3, -0.25) is 14.8 Å². The van der Waals surface area contributed by atoms with Gasteiger partial charge in [0.05, 0.1) is 40.4 Å². The third-order valence-corrected chi connectivity index (χ3v) is 6.25. The van der Waals surface area contributed by atoms with E-state index >= 15 is 4.39 Å². The summed E-state index contributed by atoms with van der Waals surface area (Å²) in [6.07, 6.45) is 2.44. The van der Waals surface area contributed by atoms with Crippen LogP contribution in [0.1, 0.15) is 16.1 Å². The molecule has 1 N–H and O–H groups in total. The van der Waals surface area contributed by atoms with Crippen LogP contribution in [0.2, 0.25) is 0 Å². The lowest BCUT2D eigenvalue weighted by atomic mass is 10.2. The Labute approximate surface area is 235 Å². The number of pyridine rings is 2. The third kappa shape index (κ3) is 5.14. The highest BCUT2D eigenvalue weighted by molar-refractivity contribution is 6.05. The van der Waals surface area contributed by atoms with E-state index in [1.807, 2.05) is 13.2 Å². The first-order chi connectivity index (χ1) is 20.2. The van der Waals surface area contributed by atoms with Gasteiger partial charge in [0, 0.05) is 37.4 Å². The van der Waals surface area contributed by atoms with E-state index in [0.29, 0.717) is 27.0 Å². The van der Waals surface area contributed by atoms with Crippen LogP contribution in [0, 0.1) is 5.82 Å². The van der Waals surface area contributed by atoms with Crippen LogP contribution in [0.5, 0.6) is 11.5 Å². The summed E-state index contributed by atoms with van der Waals surface area (Å²) in [5.74, 6) is -1.86. The number of alkyl halides is 3. The fourth-order valence-corrected chi connectivity index (χ4v) is 4.32. The minimum absolute atomic E-state index is 0.0771. The average molecular weight is 574 g/mol. The topological polar surface area (TPSA) is 99.7 Å². The number of ether oxygens (including phenoxy) is 1. The number of nitrogens with zero attached hydrogens (tertiary/aromatic N) is 6. The summed E-state index contributed by atoms with van der Waals surface area (Å²) in [6, 6.07) is 14.4. The van der Waals surface area contributed by atoms with Gasteiger partial charge in [-0.1, -0.05) is 18.2 Å². The second kappa shape index (κ2) is 10.4. The minimum atomic E-state index is -4.89. The average Bonchev–Trinajstić information content (AvgIpc) is 3.62. The van der Waals surface area contributed by atoms with Crippen LogP contribution in [-0.4, -0.2) is 35.2 Å². The summed E-state index contributed by atoms with van der Waals surface area (Å²) in [5, 5.41) is 6.59. The van der Waals surface area contributed by atoms with E-state index in [1.165, 1.54) is 30.5 Å². The second-order valence-corrected chi connectivity index (χ2v) is 9.17. The number of aromatic nitrogens is 6. The predicted octanol–water partition coefficient (Wildman–Crippen LogP) is 6.42. The van der Waals surface area contributed by atoms with Gasteiger partial charge >= 0.3 is 6.18 Å². The van der Waals surface area contributed by atoms with Crippen molar-refractivity contribution >= 4 is 22.5 Å². The van der Waals surface area contributed by atoms with E-state index in [9.17, 15) is 18.0 Å². The Kier molecular flexibility index (Phi) is 6.61. The molecule has 6 aromatic rings. The highest BCUT2D eigenvalue weighted by Gasteiger charge is 2.40. The third-order valence-electron chi connectivity index (χ3n) is 6.25. The summed E-state index contributed by atoms with van der Waals surface area (Å²) in [7, 11) is 1.84.